The molecule has 7 heteroatoms. The Bertz CT molecular complexity index is 1440. The fourth-order valence-electron chi connectivity index (χ4n) is 4.60. The van der Waals surface area contributed by atoms with E-state index in [2.05, 4.69) is 13.8 Å². The summed E-state index contributed by atoms with van der Waals surface area (Å²) in [7, 11) is 0. The number of rotatable bonds is 8. The maximum atomic E-state index is 13.5. The monoisotopic (exact) mass is 527 g/mol. The Hall–Kier alpha value is -4.39. The summed E-state index contributed by atoms with van der Waals surface area (Å²) < 4.78 is 10.9. The van der Waals surface area contributed by atoms with Gasteiger partial charge in [0.1, 0.15) is 11.5 Å². The molecule has 202 valence electrons. The number of nitrogens with zero attached hydrogens (tertiary/aromatic N) is 1. The van der Waals surface area contributed by atoms with Crippen molar-refractivity contribution in [3.05, 3.63) is 100 Å². The van der Waals surface area contributed by atoms with Gasteiger partial charge in [-0.15, -0.1) is 0 Å². The summed E-state index contributed by atoms with van der Waals surface area (Å²) in [6.07, 6.45) is 0. The molecule has 0 aliphatic carbocycles. The molecule has 0 bridgehead atoms. The Morgan fingerprint density at radius 2 is 1.67 bits per heavy atom. The highest BCUT2D eigenvalue weighted by molar-refractivity contribution is 6.51. The lowest BCUT2D eigenvalue weighted by Crippen LogP contribution is -2.29. The predicted octanol–water partition coefficient (Wildman–Crippen LogP) is 6.14. The number of hydrogen-bond donors (Lipinski definition) is 1. The average molecular weight is 528 g/mol. The molecule has 7 nitrogen and oxygen atoms in total. The minimum atomic E-state index is -0.865. The van der Waals surface area contributed by atoms with Gasteiger partial charge in [0.15, 0.2) is 0 Å². The van der Waals surface area contributed by atoms with E-state index in [4.69, 9.17) is 9.47 Å². The normalized spacial score (nSPS) is 16.6. The zero-order chi connectivity index (χ0) is 28.3. The van der Waals surface area contributed by atoms with E-state index in [0.717, 1.165) is 11.1 Å². The van der Waals surface area contributed by atoms with E-state index in [1.54, 1.807) is 49.4 Å². The number of carbonyl (C=O) groups excluding carboxylic acids is 3. The van der Waals surface area contributed by atoms with Crippen molar-refractivity contribution in [3.63, 3.8) is 0 Å². The third kappa shape index (κ3) is 5.72. The van der Waals surface area contributed by atoms with Crippen molar-refractivity contribution >= 4 is 29.1 Å². The van der Waals surface area contributed by atoms with Crippen molar-refractivity contribution in [2.24, 2.45) is 5.92 Å². The first-order chi connectivity index (χ1) is 18.6. The lowest BCUT2D eigenvalue weighted by atomic mass is 9.93. The van der Waals surface area contributed by atoms with Crippen LogP contribution in [0.5, 0.6) is 5.75 Å². The van der Waals surface area contributed by atoms with Crippen LogP contribution in [0.4, 0.5) is 5.69 Å². The van der Waals surface area contributed by atoms with Gasteiger partial charge in [0.2, 0.25) is 0 Å². The van der Waals surface area contributed by atoms with E-state index in [1.165, 1.54) is 4.90 Å². The van der Waals surface area contributed by atoms with Gasteiger partial charge in [-0.1, -0.05) is 43.7 Å². The van der Waals surface area contributed by atoms with E-state index in [1.807, 2.05) is 38.1 Å². The molecule has 1 aliphatic rings. The number of anilines is 1. The largest absolute Gasteiger partial charge is 0.507 e. The number of hydrogen-bond acceptors (Lipinski definition) is 6. The zero-order valence-electron chi connectivity index (χ0n) is 22.9. The summed E-state index contributed by atoms with van der Waals surface area (Å²) in [6.45, 7) is 10.4. The second-order valence-corrected chi connectivity index (χ2v) is 10.0. The van der Waals surface area contributed by atoms with E-state index in [9.17, 15) is 19.5 Å². The van der Waals surface area contributed by atoms with Crippen molar-refractivity contribution < 1.29 is 29.0 Å². The van der Waals surface area contributed by atoms with E-state index >= 15 is 0 Å². The molecule has 4 rings (SSSR count). The summed E-state index contributed by atoms with van der Waals surface area (Å²) in [5.41, 5.74) is 3.59. The van der Waals surface area contributed by atoms with Gasteiger partial charge in [0.25, 0.3) is 11.7 Å². The molecule has 0 spiro atoms. The zero-order valence-corrected chi connectivity index (χ0v) is 22.9. The number of aryl methyl sites for hydroxylation is 2. The van der Waals surface area contributed by atoms with Crippen molar-refractivity contribution in [3.8, 4) is 5.75 Å². The minimum Gasteiger partial charge on any atom is -0.507 e. The van der Waals surface area contributed by atoms with Gasteiger partial charge in [-0.2, -0.15) is 0 Å². The molecule has 3 aromatic carbocycles. The van der Waals surface area contributed by atoms with Gasteiger partial charge < -0.3 is 14.6 Å². The molecule has 1 saturated heterocycles. The molecule has 1 atom stereocenters. The summed E-state index contributed by atoms with van der Waals surface area (Å²) in [6, 6.07) is 18.1. The van der Waals surface area contributed by atoms with Crippen LogP contribution in [0.1, 0.15) is 59.4 Å². The fourth-order valence-corrected chi connectivity index (χ4v) is 4.60. The van der Waals surface area contributed by atoms with Crippen LogP contribution in [0.15, 0.2) is 72.3 Å². The smallest absolute Gasteiger partial charge is 0.338 e. The van der Waals surface area contributed by atoms with Crippen molar-refractivity contribution in [2.45, 2.75) is 40.7 Å². The number of ketones is 1. The molecule has 1 aliphatic heterocycles. The Morgan fingerprint density at radius 3 is 2.28 bits per heavy atom. The van der Waals surface area contributed by atoms with Crippen LogP contribution in [0.3, 0.4) is 0 Å². The molecular weight excluding hydrogens is 494 g/mol. The maximum Gasteiger partial charge on any atom is 0.338 e. The highest BCUT2D eigenvalue weighted by atomic mass is 16.5. The van der Waals surface area contributed by atoms with E-state index in [0.29, 0.717) is 40.7 Å². The van der Waals surface area contributed by atoms with Gasteiger partial charge in [0.05, 0.1) is 30.4 Å². The Morgan fingerprint density at radius 1 is 0.974 bits per heavy atom. The van der Waals surface area contributed by atoms with Crippen LogP contribution in [-0.4, -0.2) is 36.0 Å². The number of amides is 1. The molecule has 1 fully saturated rings. The Kier molecular flexibility index (Phi) is 8.19. The maximum absolute atomic E-state index is 13.5. The van der Waals surface area contributed by atoms with Crippen molar-refractivity contribution in [1.82, 2.24) is 0 Å². The average Bonchev–Trinajstić information content (AvgIpc) is 3.17. The van der Waals surface area contributed by atoms with Crippen LogP contribution in [0, 0.1) is 19.8 Å². The van der Waals surface area contributed by atoms with Crippen LogP contribution in [0.25, 0.3) is 5.76 Å². The number of aliphatic hydroxyl groups is 1. The van der Waals surface area contributed by atoms with Gasteiger partial charge in [-0.05, 0) is 80.3 Å². The minimum absolute atomic E-state index is 0.00434. The van der Waals surface area contributed by atoms with Crippen LogP contribution in [-0.2, 0) is 14.3 Å². The standard InChI is InChI=1S/C32H33NO6/c1-6-38-32(37)22-10-13-25(14-11-22)33-28(23-9-7-8-20(4)16-23)27(30(35)31(33)36)29(34)24-12-15-26(21(5)17-24)39-18-19(2)3/h7-17,19,28,34H,6,18H2,1-5H3/b29-27-. The van der Waals surface area contributed by atoms with Gasteiger partial charge in [0, 0.05) is 11.3 Å². The predicted molar refractivity (Wildman–Crippen MR) is 150 cm³/mol. The van der Waals surface area contributed by atoms with Gasteiger partial charge >= 0.3 is 5.97 Å². The molecular formula is C32H33NO6. The van der Waals surface area contributed by atoms with Crippen LogP contribution < -0.4 is 9.64 Å². The molecule has 0 aromatic heterocycles. The second kappa shape index (κ2) is 11.6. The highest BCUT2D eigenvalue weighted by Gasteiger charge is 2.47. The van der Waals surface area contributed by atoms with Crippen molar-refractivity contribution in [1.29, 1.82) is 0 Å². The molecule has 39 heavy (non-hydrogen) atoms. The lowest BCUT2D eigenvalue weighted by Gasteiger charge is -2.26. The topological polar surface area (TPSA) is 93.1 Å². The Labute approximate surface area is 228 Å². The summed E-state index contributed by atoms with van der Waals surface area (Å²) >= 11 is 0. The van der Waals surface area contributed by atoms with Crippen molar-refractivity contribution in [2.75, 3.05) is 18.1 Å². The van der Waals surface area contributed by atoms with E-state index in [-0.39, 0.29) is 17.9 Å². The number of aliphatic hydroxyl groups excluding tert-OH is 1. The van der Waals surface area contributed by atoms with Gasteiger partial charge in [-0.25, -0.2) is 4.79 Å². The molecule has 1 N–H and O–H groups in total. The number of Topliss-reactive ketones (excluding diaryl/α,β-unsaturated/α-hetero) is 1. The number of benzene rings is 3. The summed E-state index contributed by atoms with van der Waals surface area (Å²) in [5, 5.41) is 11.5. The van der Waals surface area contributed by atoms with Crippen LogP contribution >= 0.6 is 0 Å². The molecule has 1 amide bonds. The van der Waals surface area contributed by atoms with Gasteiger partial charge in [-0.3, -0.25) is 14.5 Å². The first-order valence-corrected chi connectivity index (χ1v) is 13.0. The molecule has 1 unspecified atom stereocenters. The lowest BCUT2D eigenvalue weighted by molar-refractivity contribution is -0.132. The Balaban J connectivity index is 1.81. The first-order valence-electron chi connectivity index (χ1n) is 13.0. The van der Waals surface area contributed by atoms with E-state index < -0.39 is 23.7 Å². The summed E-state index contributed by atoms with van der Waals surface area (Å²) in [4.78, 5) is 40.4. The number of esters is 1. The number of ether oxygens (including phenoxy) is 2. The first kappa shape index (κ1) is 27.6. The quantitative estimate of drug-likeness (QED) is 0.164. The van der Waals surface area contributed by atoms with Crippen LogP contribution in [0.2, 0.25) is 0 Å². The molecule has 3 aromatic rings. The molecule has 1 heterocycles. The third-order valence-corrected chi connectivity index (χ3v) is 6.48. The third-order valence-electron chi connectivity index (χ3n) is 6.48. The summed E-state index contributed by atoms with van der Waals surface area (Å²) in [5.74, 6) is -1.24. The molecule has 0 saturated carbocycles. The number of carbonyl (C=O) groups is 3. The highest BCUT2D eigenvalue weighted by Crippen LogP contribution is 2.42. The fraction of sp³-hybridized carbons (Fsp3) is 0.281. The SMILES string of the molecule is CCOC(=O)c1ccc(N2C(=O)C(=O)/C(=C(\O)c3ccc(OCC(C)C)c(C)c3)C2c2cccc(C)c2)cc1. The molecule has 0 radical (unpaired) electrons. The second-order valence-electron chi connectivity index (χ2n) is 10.0.